The Labute approximate surface area is 83.2 Å². The molecule has 0 saturated carbocycles. The Morgan fingerprint density at radius 2 is 2.00 bits per heavy atom. The van der Waals surface area contributed by atoms with Gasteiger partial charge in [0.05, 0.1) is 0 Å². The normalized spacial score (nSPS) is 16.6. The monoisotopic (exact) mass is 190 g/mol. The predicted molar refractivity (Wildman–Crippen MR) is 56.4 cm³/mol. The van der Waals surface area contributed by atoms with E-state index in [2.05, 4.69) is 23.3 Å². The Balaban J connectivity index is 2.21. The van der Waals surface area contributed by atoms with Gasteiger partial charge in [0, 0.05) is 13.1 Å². The van der Waals surface area contributed by atoms with Crippen LogP contribution in [0, 0.1) is 0 Å². The van der Waals surface area contributed by atoms with Gasteiger partial charge >= 0.3 is 0 Å². The molecule has 0 aliphatic carbocycles. The summed E-state index contributed by atoms with van der Waals surface area (Å²) in [6.07, 6.45) is 1.01. The van der Waals surface area contributed by atoms with E-state index < -0.39 is 0 Å². The largest absolute Gasteiger partial charge is 0.368 e. The summed E-state index contributed by atoms with van der Waals surface area (Å²) in [6, 6.07) is 8.38. The average Bonchev–Trinajstić information content (AvgIpc) is 2.27. The smallest absolute Gasteiger partial charge is 0.213 e. The zero-order chi connectivity index (χ0) is 9.97. The molecule has 0 amide bonds. The van der Waals surface area contributed by atoms with Gasteiger partial charge in [0.15, 0.2) is 0 Å². The van der Waals surface area contributed by atoms with Gasteiger partial charge in [-0.25, -0.2) is 0 Å². The first-order valence-electron chi connectivity index (χ1n) is 4.66. The van der Waals surface area contributed by atoms with E-state index in [9.17, 15) is 0 Å². The third kappa shape index (κ3) is 1.51. The van der Waals surface area contributed by atoms with Crippen molar-refractivity contribution in [1.29, 1.82) is 0 Å². The van der Waals surface area contributed by atoms with Crippen molar-refractivity contribution in [2.75, 3.05) is 6.54 Å². The van der Waals surface area contributed by atoms with E-state index in [4.69, 9.17) is 11.6 Å². The molecule has 0 unspecified atom stereocenters. The van der Waals surface area contributed by atoms with Crippen LogP contribution in [0.3, 0.4) is 0 Å². The Hall–Kier alpha value is -1.71. The third-order valence-corrected chi connectivity index (χ3v) is 2.59. The van der Waals surface area contributed by atoms with E-state index >= 15 is 0 Å². The second-order valence-electron chi connectivity index (χ2n) is 3.43. The lowest BCUT2D eigenvalue weighted by molar-refractivity contribution is 0.388. The number of rotatable bonds is 0. The van der Waals surface area contributed by atoms with Gasteiger partial charge in [-0.3, -0.25) is 0 Å². The second kappa shape index (κ2) is 3.57. The summed E-state index contributed by atoms with van der Waals surface area (Å²) in [7, 11) is 0. The maximum atomic E-state index is 5.66. The molecule has 1 aromatic carbocycles. The Morgan fingerprint density at radius 1 is 1.29 bits per heavy atom. The highest BCUT2D eigenvalue weighted by atomic mass is 15.3. The summed E-state index contributed by atoms with van der Waals surface area (Å²) in [5.41, 5.74) is 8.36. The highest BCUT2D eigenvalue weighted by Crippen LogP contribution is 2.17. The fourth-order valence-electron chi connectivity index (χ4n) is 1.77. The van der Waals surface area contributed by atoms with Crippen molar-refractivity contribution in [2.45, 2.75) is 13.0 Å². The van der Waals surface area contributed by atoms with Crippen molar-refractivity contribution in [3.8, 4) is 0 Å². The summed E-state index contributed by atoms with van der Waals surface area (Å²) >= 11 is 0. The van der Waals surface area contributed by atoms with Crippen molar-refractivity contribution in [3.05, 3.63) is 35.4 Å². The fraction of sp³-hybridized carbons (Fsp3) is 0.300. The van der Waals surface area contributed by atoms with Crippen LogP contribution in [0.1, 0.15) is 11.1 Å². The first kappa shape index (κ1) is 8.87. The molecular formula is C10H14N4. The summed E-state index contributed by atoms with van der Waals surface area (Å²) in [5, 5.41) is 3.51. The molecule has 2 rings (SSSR count). The molecule has 0 aromatic heterocycles. The number of hydrogen-bond acceptors (Lipinski definition) is 2. The Kier molecular flexibility index (Phi) is 2.26. The lowest BCUT2D eigenvalue weighted by Gasteiger charge is -2.29. The van der Waals surface area contributed by atoms with E-state index in [1.807, 2.05) is 11.0 Å². The van der Waals surface area contributed by atoms with E-state index in [1.54, 1.807) is 0 Å². The summed E-state index contributed by atoms with van der Waals surface area (Å²) in [6.45, 7) is 1.70. The average molecular weight is 190 g/mol. The van der Waals surface area contributed by atoms with Crippen molar-refractivity contribution in [1.82, 2.24) is 4.90 Å². The standard InChI is InChI=1S/C10H14N4/c11-10(13-12)14-6-5-8-3-1-2-4-9(8)7-14/h1-4H,5-7,12H2,(H2,11,13). The molecule has 1 aliphatic rings. The van der Waals surface area contributed by atoms with Gasteiger partial charge in [-0.1, -0.05) is 24.3 Å². The van der Waals surface area contributed by atoms with Crippen molar-refractivity contribution < 1.29 is 0 Å². The maximum absolute atomic E-state index is 5.66. The van der Waals surface area contributed by atoms with E-state index in [-0.39, 0.29) is 0 Å². The van der Waals surface area contributed by atoms with Crippen LogP contribution in [-0.2, 0) is 13.0 Å². The number of benzene rings is 1. The van der Waals surface area contributed by atoms with E-state index in [1.165, 1.54) is 11.1 Å². The van der Waals surface area contributed by atoms with Gasteiger partial charge < -0.3 is 16.5 Å². The number of hydrogen-bond donors (Lipinski definition) is 2. The molecule has 0 atom stereocenters. The molecule has 4 nitrogen and oxygen atoms in total. The van der Waals surface area contributed by atoms with Gasteiger partial charge in [0.1, 0.15) is 0 Å². The quantitative estimate of drug-likeness (QED) is 0.266. The number of nitrogens with two attached hydrogens (primary N) is 2. The highest BCUT2D eigenvalue weighted by molar-refractivity contribution is 5.78. The van der Waals surface area contributed by atoms with E-state index in [0.717, 1.165) is 19.5 Å². The molecule has 74 valence electrons. The SMILES string of the molecule is NN=C(N)N1CCc2ccccc2C1. The van der Waals surface area contributed by atoms with Crippen molar-refractivity contribution in [2.24, 2.45) is 16.7 Å². The van der Waals surface area contributed by atoms with Crippen LogP contribution in [0.5, 0.6) is 0 Å². The van der Waals surface area contributed by atoms with Crippen LogP contribution in [0.4, 0.5) is 0 Å². The highest BCUT2D eigenvalue weighted by Gasteiger charge is 2.16. The molecule has 0 spiro atoms. The van der Waals surface area contributed by atoms with Crippen LogP contribution in [-0.4, -0.2) is 17.4 Å². The summed E-state index contributed by atoms with van der Waals surface area (Å²) < 4.78 is 0. The molecule has 0 radical (unpaired) electrons. The minimum Gasteiger partial charge on any atom is -0.368 e. The van der Waals surface area contributed by atoms with Crippen LogP contribution in [0.15, 0.2) is 29.4 Å². The first-order chi connectivity index (χ1) is 6.81. The molecule has 14 heavy (non-hydrogen) atoms. The molecular weight excluding hydrogens is 176 g/mol. The molecule has 0 bridgehead atoms. The van der Waals surface area contributed by atoms with Crippen LogP contribution < -0.4 is 11.6 Å². The third-order valence-electron chi connectivity index (χ3n) is 2.59. The molecule has 4 heteroatoms. The van der Waals surface area contributed by atoms with Gasteiger partial charge in [-0.15, -0.1) is 5.10 Å². The number of guanidine groups is 1. The topological polar surface area (TPSA) is 67.6 Å². The lowest BCUT2D eigenvalue weighted by atomic mass is 10.0. The molecule has 0 fully saturated rings. The van der Waals surface area contributed by atoms with Crippen LogP contribution in [0.2, 0.25) is 0 Å². The minimum atomic E-state index is 0.416. The number of nitrogens with zero attached hydrogens (tertiary/aromatic N) is 2. The van der Waals surface area contributed by atoms with E-state index in [0.29, 0.717) is 5.96 Å². The fourth-order valence-corrected chi connectivity index (χ4v) is 1.77. The Morgan fingerprint density at radius 3 is 2.71 bits per heavy atom. The van der Waals surface area contributed by atoms with Gasteiger partial charge in [0.2, 0.25) is 5.96 Å². The summed E-state index contributed by atoms with van der Waals surface area (Å²) in [4.78, 5) is 1.99. The van der Waals surface area contributed by atoms with Crippen molar-refractivity contribution >= 4 is 5.96 Å². The van der Waals surface area contributed by atoms with Gasteiger partial charge in [0.25, 0.3) is 0 Å². The van der Waals surface area contributed by atoms with Crippen LogP contribution in [0.25, 0.3) is 0 Å². The number of hydrazone groups is 1. The Bertz CT molecular complexity index is 359. The van der Waals surface area contributed by atoms with Gasteiger partial charge in [-0.05, 0) is 17.5 Å². The van der Waals surface area contributed by atoms with Crippen molar-refractivity contribution in [3.63, 3.8) is 0 Å². The zero-order valence-corrected chi connectivity index (χ0v) is 7.98. The first-order valence-corrected chi connectivity index (χ1v) is 4.66. The minimum absolute atomic E-state index is 0.416. The molecule has 1 aliphatic heterocycles. The molecule has 0 saturated heterocycles. The molecule has 1 heterocycles. The van der Waals surface area contributed by atoms with Gasteiger partial charge in [-0.2, -0.15) is 0 Å². The number of fused-ring (bicyclic) bond motifs is 1. The zero-order valence-electron chi connectivity index (χ0n) is 7.98. The molecule has 4 N–H and O–H groups in total. The lowest BCUT2D eigenvalue weighted by Crippen LogP contribution is -2.41. The van der Waals surface area contributed by atoms with Crippen LogP contribution >= 0.6 is 0 Å². The maximum Gasteiger partial charge on any atom is 0.213 e. The second-order valence-corrected chi connectivity index (χ2v) is 3.43. The summed E-state index contributed by atoms with van der Waals surface area (Å²) in [5.74, 6) is 5.56. The predicted octanol–water partition coefficient (Wildman–Crippen LogP) is 0.233. The molecule has 1 aromatic rings.